The van der Waals surface area contributed by atoms with Gasteiger partial charge in [-0.2, -0.15) is 0 Å². The van der Waals surface area contributed by atoms with Crippen molar-refractivity contribution in [1.82, 2.24) is 9.80 Å². The van der Waals surface area contributed by atoms with Gasteiger partial charge in [-0.15, -0.1) is 11.3 Å². The van der Waals surface area contributed by atoms with Crippen molar-refractivity contribution < 1.29 is 9.90 Å². The predicted molar refractivity (Wildman–Crippen MR) is 98.9 cm³/mol. The molecule has 2 fully saturated rings. The fourth-order valence-electron chi connectivity index (χ4n) is 3.91. The summed E-state index contributed by atoms with van der Waals surface area (Å²) in [6.45, 7) is 4.24. The number of aliphatic hydroxyl groups is 1. The SMILES string of the molecule is CN1CCCC2(CC1)CCN(C(=O)/C=C/c1cc(CO)cs1)CC2. The molecule has 1 spiro atoms. The van der Waals surface area contributed by atoms with Gasteiger partial charge in [-0.3, -0.25) is 4.79 Å². The normalized spacial score (nSPS) is 22.2. The first kappa shape index (κ1) is 17.6. The van der Waals surface area contributed by atoms with E-state index in [9.17, 15) is 4.79 Å². The fourth-order valence-corrected chi connectivity index (χ4v) is 4.71. The molecule has 2 aliphatic rings. The van der Waals surface area contributed by atoms with Crippen molar-refractivity contribution in [3.8, 4) is 0 Å². The average Bonchev–Trinajstić information content (AvgIpc) is 2.99. The number of nitrogens with zero attached hydrogens (tertiary/aromatic N) is 2. The fraction of sp³-hybridized carbons (Fsp3) is 0.632. The zero-order chi connectivity index (χ0) is 17.0. The van der Waals surface area contributed by atoms with Gasteiger partial charge in [0.25, 0.3) is 0 Å². The van der Waals surface area contributed by atoms with Crippen LogP contribution in [0, 0.1) is 5.41 Å². The summed E-state index contributed by atoms with van der Waals surface area (Å²) >= 11 is 1.56. The van der Waals surface area contributed by atoms with E-state index >= 15 is 0 Å². The molecule has 132 valence electrons. The Hall–Kier alpha value is -1.17. The van der Waals surface area contributed by atoms with Crippen LogP contribution in [0.2, 0.25) is 0 Å². The second-order valence-electron chi connectivity index (χ2n) is 7.33. The molecule has 1 N–H and O–H groups in total. The van der Waals surface area contributed by atoms with Crippen LogP contribution in [0.5, 0.6) is 0 Å². The Kier molecular flexibility index (Phi) is 5.74. The standard InChI is InChI=1S/C19H28N2O2S/c1-20-9-2-5-19(6-10-20)7-11-21(12-8-19)18(23)4-3-17-13-16(14-22)15-24-17/h3-4,13,15,22H,2,5-12,14H2,1H3/b4-3+. The first-order valence-electron chi connectivity index (χ1n) is 8.94. The van der Waals surface area contributed by atoms with Gasteiger partial charge in [-0.05, 0) is 80.7 Å². The molecule has 0 aliphatic carbocycles. The van der Waals surface area contributed by atoms with E-state index < -0.39 is 0 Å². The maximum Gasteiger partial charge on any atom is 0.246 e. The third-order valence-electron chi connectivity index (χ3n) is 5.65. The van der Waals surface area contributed by atoms with Gasteiger partial charge >= 0.3 is 0 Å². The lowest BCUT2D eigenvalue weighted by atomic mass is 9.73. The second kappa shape index (κ2) is 7.81. The van der Waals surface area contributed by atoms with Crippen LogP contribution in [0.3, 0.4) is 0 Å². The van der Waals surface area contributed by atoms with E-state index in [0.29, 0.717) is 5.41 Å². The zero-order valence-corrected chi connectivity index (χ0v) is 15.4. The van der Waals surface area contributed by atoms with Gasteiger partial charge < -0.3 is 14.9 Å². The minimum Gasteiger partial charge on any atom is -0.392 e. The van der Waals surface area contributed by atoms with Gasteiger partial charge in [0.2, 0.25) is 5.91 Å². The van der Waals surface area contributed by atoms with Gasteiger partial charge in [-0.25, -0.2) is 0 Å². The van der Waals surface area contributed by atoms with Gasteiger partial charge in [0.05, 0.1) is 6.61 Å². The molecule has 2 aliphatic heterocycles. The summed E-state index contributed by atoms with van der Waals surface area (Å²) in [5, 5.41) is 11.0. The Bertz CT molecular complexity index is 588. The highest BCUT2D eigenvalue weighted by Gasteiger charge is 2.36. The predicted octanol–water partition coefficient (Wildman–Crippen LogP) is 2.98. The third-order valence-corrected chi connectivity index (χ3v) is 6.60. The molecular formula is C19H28N2O2S. The summed E-state index contributed by atoms with van der Waals surface area (Å²) in [4.78, 5) is 17.9. The molecule has 0 aromatic carbocycles. The van der Waals surface area contributed by atoms with Crippen molar-refractivity contribution >= 4 is 23.3 Å². The summed E-state index contributed by atoms with van der Waals surface area (Å²) in [6, 6.07) is 1.93. The number of thiophene rings is 1. The number of hydrogen-bond acceptors (Lipinski definition) is 4. The van der Waals surface area contributed by atoms with Crippen LogP contribution >= 0.6 is 11.3 Å². The molecule has 1 aromatic rings. The molecule has 0 saturated carbocycles. The number of likely N-dealkylation sites (tertiary alicyclic amines) is 2. The topological polar surface area (TPSA) is 43.8 Å². The quantitative estimate of drug-likeness (QED) is 0.854. The maximum atomic E-state index is 12.4. The molecule has 5 heteroatoms. The van der Waals surface area contributed by atoms with Gasteiger partial charge in [-0.1, -0.05) is 0 Å². The van der Waals surface area contributed by atoms with Crippen molar-refractivity contribution in [2.45, 2.75) is 38.7 Å². The van der Waals surface area contributed by atoms with Crippen LogP contribution in [0.4, 0.5) is 0 Å². The Balaban J connectivity index is 1.53. The number of carbonyl (C=O) groups is 1. The molecule has 24 heavy (non-hydrogen) atoms. The minimum absolute atomic E-state index is 0.0572. The molecule has 0 radical (unpaired) electrons. The molecule has 1 amide bonds. The Labute approximate surface area is 148 Å². The van der Waals surface area contributed by atoms with Crippen molar-refractivity contribution in [3.05, 3.63) is 28.0 Å². The van der Waals surface area contributed by atoms with Gasteiger partial charge in [0, 0.05) is 24.0 Å². The number of aliphatic hydroxyl groups excluding tert-OH is 1. The average molecular weight is 349 g/mol. The van der Waals surface area contributed by atoms with Crippen LogP contribution < -0.4 is 0 Å². The summed E-state index contributed by atoms with van der Waals surface area (Å²) < 4.78 is 0. The molecule has 0 atom stereocenters. The molecular weight excluding hydrogens is 320 g/mol. The lowest BCUT2D eigenvalue weighted by molar-refractivity contribution is -0.128. The Morgan fingerprint density at radius 3 is 2.71 bits per heavy atom. The molecule has 1 aromatic heterocycles. The molecule has 2 saturated heterocycles. The summed E-state index contributed by atoms with van der Waals surface area (Å²) in [6.07, 6.45) is 9.73. The van der Waals surface area contributed by atoms with Crippen molar-refractivity contribution in [1.29, 1.82) is 0 Å². The first-order chi connectivity index (χ1) is 11.6. The lowest BCUT2D eigenvalue weighted by Crippen LogP contribution is -2.42. The number of amides is 1. The second-order valence-corrected chi connectivity index (χ2v) is 8.27. The van der Waals surface area contributed by atoms with Gasteiger partial charge in [0.1, 0.15) is 0 Å². The lowest BCUT2D eigenvalue weighted by Gasteiger charge is -2.41. The first-order valence-corrected chi connectivity index (χ1v) is 9.82. The zero-order valence-electron chi connectivity index (χ0n) is 14.5. The highest BCUT2D eigenvalue weighted by Crippen LogP contribution is 2.41. The van der Waals surface area contributed by atoms with Crippen LogP contribution in [0.15, 0.2) is 17.5 Å². The van der Waals surface area contributed by atoms with Crippen LogP contribution in [0.25, 0.3) is 6.08 Å². The monoisotopic (exact) mass is 348 g/mol. The molecule has 0 unspecified atom stereocenters. The third kappa shape index (κ3) is 4.26. The van der Waals surface area contributed by atoms with Crippen molar-refractivity contribution in [2.24, 2.45) is 5.41 Å². The highest BCUT2D eigenvalue weighted by molar-refractivity contribution is 7.11. The summed E-state index contributed by atoms with van der Waals surface area (Å²) in [7, 11) is 2.22. The number of piperidine rings is 1. The number of hydrogen-bond donors (Lipinski definition) is 1. The summed E-state index contributed by atoms with van der Waals surface area (Å²) in [5.74, 6) is 0.120. The van der Waals surface area contributed by atoms with Crippen LogP contribution in [-0.4, -0.2) is 54.0 Å². The summed E-state index contributed by atoms with van der Waals surface area (Å²) in [5.41, 5.74) is 1.38. The van der Waals surface area contributed by atoms with E-state index in [4.69, 9.17) is 5.11 Å². The van der Waals surface area contributed by atoms with Crippen LogP contribution in [-0.2, 0) is 11.4 Å². The Morgan fingerprint density at radius 2 is 2.00 bits per heavy atom. The van der Waals surface area contributed by atoms with Crippen molar-refractivity contribution in [3.63, 3.8) is 0 Å². The molecule has 0 bridgehead atoms. The molecule has 3 rings (SSSR count). The van der Waals surface area contributed by atoms with E-state index in [-0.39, 0.29) is 12.5 Å². The maximum absolute atomic E-state index is 12.4. The van der Waals surface area contributed by atoms with E-state index in [1.807, 2.05) is 22.4 Å². The van der Waals surface area contributed by atoms with Crippen LogP contribution in [0.1, 0.15) is 42.5 Å². The molecule has 3 heterocycles. The van der Waals surface area contributed by atoms with E-state index in [1.54, 1.807) is 17.4 Å². The van der Waals surface area contributed by atoms with Gasteiger partial charge in [0.15, 0.2) is 0 Å². The molecule has 4 nitrogen and oxygen atoms in total. The minimum atomic E-state index is 0.0572. The van der Waals surface area contributed by atoms with E-state index in [1.165, 1.54) is 32.4 Å². The van der Waals surface area contributed by atoms with E-state index in [0.717, 1.165) is 36.4 Å². The number of rotatable bonds is 3. The largest absolute Gasteiger partial charge is 0.392 e. The van der Waals surface area contributed by atoms with Crippen molar-refractivity contribution in [2.75, 3.05) is 33.2 Å². The Morgan fingerprint density at radius 1 is 1.25 bits per heavy atom. The smallest absolute Gasteiger partial charge is 0.246 e. The number of carbonyl (C=O) groups excluding carboxylic acids is 1. The highest BCUT2D eigenvalue weighted by atomic mass is 32.1. The van der Waals surface area contributed by atoms with E-state index in [2.05, 4.69) is 11.9 Å².